The summed E-state index contributed by atoms with van der Waals surface area (Å²) in [6, 6.07) is 8.51. The van der Waals surface area contributed by atoms with Gasteiger partial charge in [0.1, 0.15) is 0 Å². The van der Waals surface area contributed by atoms with E-state index in [1.165, 1.54) is 0 Å². The fourth-order valence-electron chi connectivity index (χ4n) is 3.47. The van der Waals surface area contributed by atoms with Crippen LogP contribution in [0, 0.1) is 11.8 Å². The summed E-state index contributed by atoms with van der Waals surface area (Å²) in [4.78, 5) is 26.0. The third-order valence-electron chi connectivity index (χ3n) is 4.50. The molecule has 1 aliphatic carbocycles. The molecule has 1 aliphatic heterocycles. The topological polar surface area (TPSA) is 71.5 Å². The van der Waals surface area contributed by atoms with E-state index in [0.29, 0.717) is 5.69 Å². The van der Waals surface area contributed by atoms with Crippen molar-refractivity contribution in [3.05, 3.63) is 30.3 Å². The number of nitrogens with zero attached hydrogens (tertiary/aromatic N) is 1. The van der Waals surface area contributed by atoms with E-state index < -0.39 is 28.0 Å². The predicted octanol–water partition coefficient (Wildman–Crippen LogP) is 1.81. The van der Waals surface area contributed by atoms with E-state index in [0.717, 1.165) is 37.0 Å². The van der Waals surface area contributed by atoms with Crippen molar-refractivity contribution < 1.29 is 18.0 Å². The molecule has 1 saturated heterocycles. The van der Waals surface area contributed by atoms with Gasteiger partial charge >= 0.3 is 0 Å². The van der Waals surface area contributed by atoms with Crippen molar-refractivity contribution >= 4 is 32.7 Å². The van der Waals surface area contributed by atoms with E-state index in [1.54, 1.807) is 30.3 Å². The van der Waals surface area contributed by atoms with Crippen LogP contribution in [0.15, 0.2) is 30.3 Å². The van der Waals surface area contributed by atoms with Gasteiger partial charge in [-0.2, -0.15) is 8.42 Å². The van der Waals surface area contributed by atoms with Crippen molar-refractivity contribution in [2.75, 3.05) is 4.90 Å². The second kappa shape index (κ2) is 6.04. The molecule has 3 rings (SSSR count). The van der Waals surface area contributed by atoms with Gasteiger partial charge in [0, 0.05) is 0 Å². The Morgan fingerprint density at radius 3 is 2.18 bits per heavy atom. The second-order valence-electron chi connectivity index (χ2n) is 5.79. The van der Waals surface area contributed by atoms with Gasteiger partial charge in [0.15, 0.2) is 4.86 Å². The Morgan fingerprint density at radius 2 is 1.59 bits per heavy atom. The Bertz CT molecular complexity index is 725. The van der Waals surface area contributed by atoms with E-state index in [9.17, 15) is 18.0 Å². The highest BCUT2D eigenvalue weighted by Gasteiger charge is 2.49. The molecule has 0 bridgehead atoms. The number of benzene rings is 1. The minimum atomic E-state index is -2.66. The molecule has 2 fully saturated rings. The first-order valence-corrected chi connectivity index (χ1v) is 8.58. The van der Waals surface area contributed by atoms with E-state index >= 15 is 0 Å². The molecular weight excluding hydrogens is 302 g/mol. The number of amides is 2. The van der Waals surface area contributed by atoms with Crippen LogP contribution in [0.5, 0.6) is 0 Å². The molecule has 1 heterocycles. The van der Waals surface area contributed by atoms with Crippen LogP contribution in [0.4, 0.5) is 5.69 Å². The van der Waals surface area contributed by atoms with Crippen LogP contribution in [0.2, 0.25) is 0 Å². The van der Waals surface area contributed by atoms with Gasteiger partial charge in [0.05, 0.1) is 11.6 Å². The van der Waals surface area contributed by atoms with Crippen LogP contribution in [0.1, 0.15) is 32.1 Å². The van der Waals surface area contributed by atoms with Gasteiger partial charge in [-0.3, -0.25) is 9.59 Å². The molecule has 1 aromatic rings. The fourth-order valence-corrected chi connectivity index (χ4v) is 4.21. The largest absolute Gasteiger partial charge is 0.277 e. The first-order chi connectivity index (χ1) is 10.6. The highest BCUT2D eigenvalue weighted by atomic mass is 32.2. The molecule has 116 valence electrons. The van der Waals surface area contributed by atoms with Crippen LogP contribution in [0.25, 0.3) is 0 Å². The fraction of sp³-hybridized carbons (Fsp3) is 0.438. The first-order valence-electron chi connectivity index (χ1n) is 7.50. The zero-order valence-electron chi connectivity index (χ0n) is 12.1. The van der Waals surface area contributed by atoms with Crippen LogP contribution in [-0.2, 0) is 19.9 Å². The molecule has 1 saturated carbocycles. The number of hydrogen-bond acceptors (Lipinski definition) is 4. The van der Waals surface area contributed by atoms with Gasteiger partial charge in [0.25, 0.3) is 5.91 Å². The smallest absolute Gasteiger partial charge is 0.273 e. The molecule has 0 aromatic heterocycles. The van der Waals surface area contributed by atoms with Crippen LogP contribution >= 0.6 is 0 Å². The summed E-state index contributed by atoms with van der Waals surface area (Å²) in [6.45, 7) is 0. The zero-order valence-corrected chi connectivity index (χ0v) is 12.9. The number of para-hydroxylation sites is 1. The maximum atomic E-state index is 12.7. The number of imide groups is 1. The van der Waals surface area contributed by atoms with E-state index in [2.05, 4.69) is 0 Å². The third kappa shape index (κ3) is 2.47. The highest BCUT2D eigenvalue weighted by Crippen LogP contribution is 2.36. The quantitative estimate of drug-likeness (QED) is 0.615. The van der Waals surface area contributed by atoms with Crippen molar-refractivity contribution in [3.8, 4) is 0 Å². The second-order valence-corrected chi connectivity index (χ2v) is 6.70. The third-order valence-corrected chi connectivity index (χ3v) is 5.29. The van der Waals surface area contributed by atoms with Crippen LogP contribution < -0.4 is 4.90 Å². The zero-order chi connectivity index (χ0) is 15.7. The lowest BCUT2D eigenvalue weighted by atomic mass is 9.79. The number of hydrogen-bond donors (Lipinski definition) is 0. The summed E-state index contributed by atoms with van der Waals surface area (Å²) in [5.74, 6) is -1.96. The maximum absolute atomic E-state index is 12.7. The van der Waals surface area contributed by atoms with Crippen LogP contribution in [-0.4, -0.2) is 25.1 Å². The lowest BCUT2D eigenvalue weighted by Gasteiger charge is -2.25. The molecule has 6 heteroatoms. The molecule has 2 aliphatic rings. The lowest BCUT2D eigenvalue weighted by Crippen LogP contribution is -2.32. The monoisotopic (exact) mass is 319 g/mol. The number of rotatable bonds is 2. The molecule has 0 spiro atoms. The molecule has 2 amide bonds. The minimum Gasteiger partial charge on any atom is -0.273 e. The standard InChI is InChI=1S/C16H17NO4S/c18-15-13(11-7-3-1-4-8-11)14(22(20)21)16(19)17(15)12-9-5-2-6-10-12/h2,5-6,9-11,13H,1,3-4,7-8H2. The Balaban J connectivity index is 2.05. The Hall–Kier alpha value is -1.95. The summed E-state index contributed by atoms with van der Waals surface area (Å²) in [6.07, 6.45) is 4.66. The van der Waals surface area contributed by atoms with Crippen molar-refractivity contribution in [1.82, 2.24) is 0 Å². The van der Waals surface area contributed by atoms with Crippen molar-refractivity contribution in [1.29, 1.82) is 0 Å². The van der Waals surface area contributed by atoms with E-state index in [1.807, 2.05) is 0 Å². The van der Waals surface area contributed by atoms with Gasteiger partial charge in [-0.25, -0.2) is 4.90 Å². The van der Waals surface area contributed by atoms with Crippen molar-refractivity contribution in [2.45, 2.75) is 32.1 Å². The van der Waals surface area contributed by atoms with Gasteiger partial charge in [-0.15, -0.1) is 0 Å². The maximum Gasteiger partial charge on any atom is 0.277 e. The number of anilines is 1. The summed E-state index contributed by atoms with van der Waals surface area (Å²) in [5, 5.41) is 0. The molecule has 0 radical (unpaired) electrons. The molecule has 1 atom stereocenters. The van der Waals surface area contributed by atoms with Gasteiger partial charge in [-0.05, 0) is 30.9 Å². The Kier molecular flexibility index (Phi) is 4.11. The molecular formula is C16H17NO4S. The van der Waals surface area contributed by atoms with E-state index in [-0.39, 0.29) is 10.8 Å². The summed E-state index contributed by atoms with van der Waals surface area (Å²) in [5.41, 5.74) is 0.429. The highest BCUT2D eigenvalue weighted by molar-refractivity contribution is 7.75. The van der Waals surface area contributed by atoms with E-state index in [4.69, 9.17) is 0 Å². The van der Waals surface area contributed by atoms with Crippen LogP contribution in [0.3, 0.4) is 0 Å². The first kappa shape index (κ1) is 15.0. The molecule has 5 nitrogen and oxygen atoms in total. The van der Waals surface area contributed by atoms with Crippen molar-refractivity contribution in [2.24, 2.45) is 11.8 Å². The van der Waals surface area contributed by atoms with Gasteiger partial charge < -0.3 is 0 Å². The molecule has 1 aromatic carbocycles. The molecule has 22 heavy (non-hydrogen) atoms. The summed E-state index contributed by atoms with van der Waals surface area (Å²) < 4.78 is 23.1. The average Bonchev–Trinajstić information content (AvgIpc) is 2.80. The summed E-state index contributed by atoms with van der Waals surface area (Å²) >= 11 is 0. The van der Waals surface area contributed by atoms with Gasteiger partial charge in [0.2, 0.25) is 16.2 Å². The van der Waals surface area contributed by atoms with Crippen molar-refractivity contribution in [3.63, 3.8) is 0 Å². The number of carbonyl (C=O) groups excluding carboxylic acids is 2. The normalized spacial score (nSPS) is 23.2. The SMILES string of the molecule is O=C1C(=S(=O)=O)C(C2CCCCC2)C(=O)N1c1ccccc1. The predicted molar refractivity (Wildman–Crippen MR) is 82.9 cm³/mol. The lowest BCUT2D eigenvalue weighted by molar-refractivity contribution is -0.123. The Morgan fingerprint density at radius 1 is 0.955 bits per heavy atom. The number of carbonyl (C=O) groups is 2. The molecule has 1 unspecified atom stereocenters. The Labute approximate surface area is 130 Å². The average molecular weight is 319 g/mol. The minimum absolute atomic E-state index is 0.0492. The summed E-state index contributed by atoms with van der Waals surface area (Å²) in [7, 11) is -2.66. The van der Waals surface area contributed by atoms with Gasteiger partial charge in [-0.1, -0.05) is 37.5 Å². The molecule has 0 N–H and O–H groups in total.